The molecule has 0 aliphatic carbocycles. The van der Waals surface area contributed by atoms with Crippen molar-refractivity contribution in [1.82, 2.24) is 10.2 Å². The second kappa shape index (κ2) is 6.51. The van der Waals surface area contributed by atoms with Crippen molar-refractivity contribution in [3.63, 3.8) is 0 Å². The number of aliphatic hydroxyl groups excluding tert-OH is 2. The van der Waals surface area contributed by atoms with E-state index in [2.05, 4.69) is 5.32 Å². The number of ether oxygens (including phenoxy) is 1. The Balaban J connectivity index is 1.85. The van der Waals surface area contributed by atoms with Crippen LogP contribution in [0.4, 0.5) is 0 Å². The summed E-state index contributed by atoms with van der Waals surface area (Å²) in [5, 5.41) is 22.3. The summed E-state index contributed by atoms with van der Waals surface area (Å²) in [6.45, 7) is 2.99. The van der Waals surface area contributed by atoms with E-state index in [0.29, 0.717) is 0 Å². The first-order valence-corrected chi connectivity index (χ1v) is 7.03. The average molecular weight is 286 g/mol. The first-order chi connectivity index (χ1) is 9.49. The Kier molecular flexibility index (Phi) is 4.95. The molecule has 2 amide bonds. The van der Waals surface area contributed by atoms with Crippen molar-refractivity contribution in [2.75, 3.05) is 19.6 Å². The summed E-state index contributed by atoms with van der Waals surface area (Å²) < 4.78 is 5.50. The monoisotopic (exact) mass is 286 g/mol. The summed E-state index contributed by atoms with van der Waals surface area (Å²) in [5.41, 5.74) is 0. The quantitative estimate of drug-likeness (QED) is 0.592. The number of nitrogens with zero attached hydrogens (tertiary/aromatic N) is 1. The minimum atomic E-state index is -1.10. The van der Waals surface area contributed by atoms with Crippen molar-refractivity contribution in [3.8, 4) is 0 Å². The van der Waals surface area contributed by atoms with Gasteiger partial charge in [-0.1, -0.05) is 0 Å². The van der Waals surface area contributed by atoms with Crippen LogP contribution in [0.25, 0.3) is 0 Å². The number of carbonyl (C=O) groups excluding carboxylic acids is 2. The highest BCUT2D eigenvalue weighted by Gasteiger charge is 2.43. The molecule has 0 unspecified atom stereocenters. The first-order valence-electron chi connectivity index (χ1n) is 7.03. The predicted octanol–water partition coefficient (Wildman–Crippen LogP) is -1.38. The third-order valence-corrected chi connectivity index (χ3v) is 3.85. The molecule has 2 saturated heterocycles. The van der Waals surface area contributed by atoms with Gasteiger partial charge in [0.2, 0.25) is 11.8 Å². The fourth-order valence-corrected chi connectivity index (χ4v) is 2.68. The topological polar surface area (TPSA) is 99.1 Å². The molecule has 4 atom stereocenters. The zero-order chi connectivity index (χ0) is 14.7. The van der Waals surface area contributed by atoms with E-state index in [1.165, 1.54) is 6.92 Å². The van der Waals surface area contributed by atoms with Crippen molar-refractivity contribution in [3.05, 3.63) is 0 Å². The molecule has 7 nitrogen and oxygen atoms in total. The molecule has 114 valence electrons. The molecule has 2 fully saturated rings. The van der Waals surface area contributed by atoms with Gasteiger partial charge in [0, 0.05) is 26.6 Å². The Bertz CT molecular complexity index is 370. The van der Waals surface area contributed by atoms with Crippen LogP contribution in [0.15, 0.2) is 0 Å². The molecule has 2 aliphatic heterocycles. The van der Waals surface area contributed by atoms with Gasteiger partial charge in [0.1, 0.15) is 18.3 Å². The molecule has 0 saturated carbocycles. The van der Waals surface area contributed by atoms with Crippen LogP contribution in [0.2, 0.25) is 0 Å². The summed E-state index contributed by atoms with van der Waals surface area (Å²) in [4.78, 5) is 24.6. The van der Waals surface area contributed by atoms with Crippen molar-refractivity contribution < 1.29 is 24.5 Å². The summed E-state index contributed by atoms with van der Waals surface area (Å²) in [7, 11) is 0. The van der Waals surface area contributed by atoms with Crippen LogP contribution in [-0.4, -0.2) is 71.0 Å². The summed E-state index contributed by atoms with van der Waals surface area (Å²) in [6, 6.07) is 0. The maximum absolute atomic E-state index is 12.0. The number of carbonyl (C=O) groups is 2. The van der Waals surface area contributed by atoms with E-state index in [9.17, 15) is 19.8 Å². The van der Waals surface area contributed by atoms with E-state index >= 15 is 0 Å². The Morgan fingerprint density at radius 1 is 1.20 bits per heavy atom. The SMILES string of the molecule is CC(=O)NC[C@H]1O[C@@H](CC(=O)N2CCCC2)[C@H](O)[C@@H]1O. The molecule has 3 N–H and O–H groups in total. The fraction of sp³-hybridized carbons (Fsp3) is 0.846. The van der Waals surface area contributed by atoms with Gasteiger partial charge in [0.05, 0.1) is 12.5 Å². The molecular formula is C13H22N2O5. The summed E-state index contributed by atoms with van der Waals surface area (Å²) in [6.07, 6.45) is -1.49. The van der Waals surface area contributed by atoms with Gasteiger partial charge in [0.15, 0.2) is 0 Å². The zero-order valence-electron chi connectivity index (χ0n) is 11.6. The maximum atomic E-state index is 12.0. The van der Waals surface area contributed by atoms with Crippen molar-refractivity contribution in [2.45, 2.75) is 50.6 Å². The minimum absolute atomic E-state index is 0.0565. The second-order valence-electron chi connectivity index (χ2n) is 5.42. The van der Waals surface area contributed by atoms with Gasteiger partial charge in [-0.25, -0.2) is 0 Å². The van der Waals surface area contributed by atoms with Crippen LogP contribution >= 0.6 is 0 Å². The standard InChI is InChI=1S/C13H22N2O5/c1-8(16)14-7-10-13(19)12(18)9(20-10)6-11(17)15-4-2-3-5-15/h9-10,12-13,18-19H,2-7H2,1H3,(H,14,16)/t9-,10+,12-,13+/m0/s1. The Labute approximate surface area is 117 Å². The van der Waals surface area contributed by atoms with Gasteiger partial charge in [-0.2, -0.15) is 0 Å². The molecule has 20 heavy (non-hydrogen) atoms. The van der Waals surface area contributed by atoms with E-state index in [1.807, 2.05) is 0 Å². The lowest BCUT2D eigenvalue weighted by Gasteiger charge is -2.19. The van der Waals surface area contributed by atoms with Gasteiger partial charge in [-0.15, -0.1) is 0 Å². The first kappa shape index (κ1) is 15.2. The molecule has 0 aromatic rings. The molecule has 2 rings (SSSR count). The predicted molar refractivity (Wildman–Crippen MR) is 69.8 cm³/mol. The van der Waals surface area contributed by atoms with Gasteiger partial charge in [0.25, 0.3) is 0 Å². The fourth-order valence-electron chi connectivity index (χ4n) is 2.68. The molecule has 0 aromatic carbocycles. The zero-order valence-corrected chi connectivity index (χ0v) is 11.6. The molecule has 7 heteroatoms. The molecule has 0 radical (unpaired) electrons. The number of aliphatic hydroxyl groups is 2. The van der Waals surface area contributed by atoms with Crippen LogP contribution in [0.1, 0.15) is 26.2 Å². The molecule has 2 heterocycles. The third kappa shape index (κ3) is 3.47. The maximum Gasteiger partial charge on any atom is 0.225 e. The lowest BCUT2D eigenvalue weighted by molar-refractivity contribution is -0.134. The number of likely N-dealkylation sites (tertiary alicyclic amines) is 1. The number of hydrogen-bond acceptors (Lipinski definition) is 5. The summed E-state index contributed by atoms with van der Waals surface area (Å²) >= 11 is 0. The Morgan fingerprint density at radius 3 is 2.40 bits per heavy atom. The normalized spacial score (nSPS) is 33.5. The molecule has 0 bridgehead atoms. The third-order valence-electron chi connectivity index (χ3n) is 3.85. The lowest BCUT2D eigenvalue weighted by Crippen LogP contribution is -2.39. The van der Waals surface area contributed by atoms with Gasteiger partial charge in [-0.3, -0.25) is 9.59 Å². The summed E-state index contributed by atoms with van der Waals surface area (Å²) in [5.74, 6) is -0.286. The van der Waals surface area contributed by atoms with E-state index in [4.69, 9.17) is 4.74 Å². The highest BCUT2D eigenvalue weighted by molar-refractivity contribution is 5.77. The van der Waals surface area contributed by atoms with Crippen LogP contribution in [0.5, 0.6) is 0 Å². The molecule has 2 aliphatic rings. The molecule has 0 spiro atoms. The highest BCUT2D eigenvalue weighted by atomic mass is 16.5. The van der Waals surface area contributed by atoms with Gasteiger partial charge >= 0.3 is 0 Å². The number of nitrogens with one attached hydrogen (secondary N) is 1. The number of rotatable bonds is 4. The number of amides is 2. The molecule has 0 aromatic heterocycles. The van der Waals surface area contributed by atoms with Gasteiger partial charge < -0.3 is 25.2 Å². The Hall–Kier alpha value is -1.18. The van der Waals surface area contributed by atoms with E-state index in [1.54, 1.807) is 4.90 Å². The van der Waals surface area contributed by atoms with Crippen LogP contribution in [-0.2, 0) is 14.3 Å². The van der Waals surface area contributed by atoms with Gasteiger partial charge in [-0.05, 0) is 12.8 Å². The Morgan fingerprint density at radius 2 is 1.80 bits per heavy atom. The molecular weight excluding hydrogens is 264 g/mol. The van der Waals surface area contributed by atoms with E-state index in [-0.39, 0.29) is 24.8 Å². The van der Waals surface area contributed by atoms with Crippen LogP contribution in [0, 0.1) is 0 Å². The second-order valence-corrected chi connectivity index (χ2v) is 5.42. The van der Waals surface area contributed by atoms with Crippen molar-refractivity contribution >= 4 is 11.8 Å². The van der Waals surface area contributed by atoms with Crippen LogP contribution in [0.3, 0.4) is 0 Å². The smallest absolute Gasteiger partial charge is 0.225 e. The van der Waals surface area contributed by atoms with Crippen molar-refractivity contribution in [2.24, 2.45) is 0 Å². The average Bonchev–Trinajstić information content (AvgIpc) is 3.01. The minimum Gasteiger partial charge on any atom is -0.388 e. The number of hydrogen-bond donors (Lipinski definition) is 3. The largest absolute Gasteiger partial charge is 0.388 e. The van der Waals surface area contributed by atoms with Crippen molar-refractivity contribution in [1.29, 1.82) is 0 Å². The van der Waals surface area contributed by atoms with E-state index < -0.39 is 24.4 Å². The van der Waals surface area contributed by atoms with Crippen LogP contribution < -0.4 is 5.32 Å². The lowest BCUT2D eigenvalue weighted by atomic mass is 10.1. The van der Waals surface area contributed by atoms with E-state index in [0.717, 1.165) is 25.9 Å². The highest BCUT2D eigenvalue weighted by Crippen LogP contribution is 2.24.